The SMILES string of the molecule is c1cnc(-c2cccc(N3c4ccccc4Sc4c3ccc3c4-c4ccccc4C34c3cccnc3-c3nc(-c5ccccc5-c5ccncc5)ccc34)c2)nc1. The fraction of sp³-hybridized carbons (Fsp3) is 0.0200. The highest BCUT2D eigenvalue weighted by Gasteiger charge is 2.54. The normalized spacial score (nSPS) is 15.3. The molecule has 0 amide bonds. The number of pyridine rings is 3. The second-order valence-electron chi connectivity index (χ2n) is 14.4. The van der Waals surface area contributed by atoms with E-state index < -0.39 is 5.41 Å². The molecule has 0 radical (unpaired) electrons. The fourth-order valence-electron chi connectivity index (χ4n) is 9.29. The second kappa shape index (κ2) is 12.4. The number of rotatable bonds is 4. The Bertz CT molecular complexity index is 3080. The summed E-state index contributed by atoms with van der Waals surface area (Å²) in [5.41, 5.74) is 17.1. The Kier molecular flexibility index (Phi) is 6.97. The highest BCUT2D eigenvalue weighted by atomic mass is 32.2. The highest BCUT2D eigenvalue weighted by Crippen LogP contribution is 2.66. The largest absolute Gasteiger partial charge is 0.308 e. The standard InChI is InChI=1S/C50H30N6S/c1-2-13-35(34(12-1)31-23-28-51-29-24-31)41-21-19-40-47(55-41)46-39(16-8-25-52-46)50(40)37-15-4-3-14-36(37)45-38(50)20-22-43-48(45)57-44-18-6-5-17-42(44)56(43)33-11-7-10-32(30-33)49-53-26-9-27-54-49/h1-30H. The van der Waals surface area contributed by atoms with Gasteiger partial charge in [0.1, 0.15) is 0 Å². The van der Waals surface area contributed by atoms with Gasteiger partial charge in [-0.1, -0.05) is 103 Å². The lowest BCUT2D eigenvalue weighted by atomic mass is 9.71. The van der Waals surface area contributed by atoms with Gasteiger partial charge in [-0.2, -0.15) is 0 Å². The van der Waals surface area contributed by atoms with Gasteiger partial charge in [0.05, 0.1) is 33.9 Å². The zero-order chi connectivity index (χ0) is 37.5. The van der Waals surface area contributed by atoms with E-state index in [0.29, 0.717) is 5.82 Å². The molecule has 12 rings (SSSR count). The Morgan fingerprint density at radius 2 is 1.21 bits per heavy atom. The van der Waals surface area contributed by atoms with Crippen molar-refractivity contribution in [3.05, 3.63) is 205 Å². The molecule has 0 saturated carbocycles. The number of hydrogen-bond acceptors (Lipinski definition) is 7. The van der Waals surface area contributed by atoms with Gasteiger partial charge in [-0.25, -0.2) is 15.0 Å². The van der Waals surface area contributed by atoms with Crippen LogP contribution in [0.25, 0.3) is 56.3 Å². The third kappa shape index (κ3) is 4.57. The second-order valence-corrected chi connectivity index (χ2v) is 15.5. The van der Waals surface area contributed by atoms with Crippen LogP contribution in [0.4, 0.5) is 17.1 Å². The van der Waals surface area contributed by atoms with Crippen molar-refractivity contribution in [2.24, 2.45) is 0 Å². The number of para-hydroxylation sites is 1. The van der Waals surface area contributed by atoms with Gasteiger partial charge in [0.25, 0.3) is 0 Å². The minimum absolute atomic E-state index is 0.594. The van der Waals surface area contributed by atoms with E-state index in [1.165, 1.54) is 32.0 Å². The molecule has 1 spiro atoms. The number of nitrogens with zero attached hydrogens (tertiary/aromatic N) is 6. The Balaban J connectivity index is 1.09. The van der Waals surface area contributed by atoms with Gasteiger partial charge in [-0.3, -0.25) is 9.97 Å². The van der Waals surface area contributed by atoms with Crippen molar-refractivity contribution in [3.63, 3.8) is 0 Å². The molecule has 3 aliphatic rings. The maximum atomic E-state index is 5.52. The average molecular weight is 747 g/mol. The summed E-state index contributed by atoms with van der Waals surface area (Å²) in [5, 5.41) is 0. The Labute approximate surface area is 333 Å². The summed E-state index contributed by atoms with van der Waals surface area (Å²) >= 11 is 1.85. The Hall–Kier alpha value is -7.22. The quantitative estimate of drug-likeness (QED) is 0.178. The summed E-state index contributed by atoms with van der Waals surface area (Å²) < 4.78 is 0. The van der Waals surface area contributed by atoms with Gasteiger partial charge in [0.2, 0.25) is 0 Å². The molecule has 266 valence electrons. The van der Waals surface area contributed by atoms with Crippen LogP contribution in [-0.2, 0) is 5.41 Å². The zero-order valence-corrected chi connectivity index (χ0v) is 31.2. The molecule has 0 saturated heterocycles. The van der Waals surface area contributed by atoms with Crippen LogP contribution in [0.1, 0.15) is 22.3 Å². The van der Waals surface area contributed by atoms with Crippen LogP contribution in [0.5, 0.6) is 0 Å². The van der Waals surface area contributed by atoms with Gasteiger partial charge < -0.3 is 4.90 Å². The zero-order valence-electron chi connectivity index (χ0n) is 30.4. The molecule has 5 heterocycles. The molecular formula is C50H30N6S. The molecule has 1 aliphatic heterocycles. The van der Waals surface area contributed by atoms with Crippen LogP contribution in [0.15, 0.2) is 192 Å². The van der Waals surface area contributed by atoms with Crippen LogP contribution in [0.3, 0.4) is 0 Å². The fourth-order valence-corrected chi connectivity index (χ4v) is 10.5. The van der Waals surface area contributed by atoms with E-state index in [4.69, 9.17) is 9.97 Å². The maximum absolute atomic E-state index is 5.52. The molecular weight excluding hydrogens is 717 g/mol. The number of anilines is 3. The third-order valence-electron chi connectivity index (χ3n) is 11.6. The predicted molar refractivity (Wildman–Crippen MR) is 227 cm³/mol. The van der Waals surface area contributed by atoms with E-state index in [2.05, 4.69) is 165 Å². The van der Waals surface area contributed by atoms with Crippen molar-refractivity contribution in [2.45, 2.75) is 15.2 Å². The third-order valence-corrected chi connectivity index (χ3v) is 12.7. The predicted octanol–water partition coefficient (Wildman–Crippen LogP) is 11.9. The van der Waals surface area contributed by atoms with E-state index in [1.807, 2.05) is 36.4 Å². The molecule has 6 nitrogen and oxygen atoms in total. The first kappa shape index (κ1) is 32.1. The number of fused-ring (bicyclic) bond motifs is 13. The summed E-state index contributed by atoms with van der Waals surface area (Å²) in [7, 11) is 0. The molecule has 0 N–H and O–H groups in total. The van der Waals surface area contributed by atoms with Crippen molar-refractivity contribution in [1.82, 2.24) is 24.9 Å². The van der Waals surface area contributed by atoms with E-state index in [0.717, 1.165) is 67.5 Å². The average Bonchev–Trinajstić information content (AvgIpc) is 3.76. The molecule has 9 aromatic rings. The van der Waals surface area contributed by atoms with Crippen molar-refractivity contribution >= 4 is 28.8 Å². The van der Waals surface area contributed by atoms with Crippen LogP contribution >= 0.6 is 11.8 Å². The van der Waals surface area contributed by atoms with Gasteiger partial charge in [0.15, 0.2) is 5.82 Å². The Morgan fingerprint density at radius 1 is 0.474 bits per heavy atom. The van der Waals surface area contributed by atoms with Crippen molar-refractivity contribution < 1.29 is 0 Å². The van der Waals surface area contributed by atoms with Crippen LogP contribution in [0.2, 0.25) is 0 Å². The molecule has 2 aliphatic carbocycles. The van der Waals surface area contributed by atoms with Crippen LogP contribution in [-0.4, -0.2) is 24.9 Å². The smallest absolute Gasteiger partial charge is 0.159 e. The van der Waals surface area contributed by atoms with Gasteiger partial charge in [-0.05, 0) is 99.6 Å². The molecule has 57 heavy (non-hydrogen) atoms. The van der Waals surface area contributed by atoms with Crippen molar-refractivity contribution in [1.29, 1.82) is 0 Å². The molecule has 0 fully saturated rings. The summed E-state index contributed by atoms with van der Waals surface area (Å²) in [4.78, 5) is 28.8. The van der Waals surface area contributed by atoms with Crippen molar-refractivity contribution in [2.75, 3.05) is 4.90 Å². The summed E-state index contributed by atoms with van der Waals surface area (Å²) in [6, 6.07) is 54.1. The first-order valence-electron chi connectivity index (χ1n) is 19.0. The van der Waals surface area contributed by atoms with E-state index in [1.54, 1.807) is 12.4 Å². The van der Waals surface area contributed by atoms with Gasteiger partial charge in [0, 0.05) is 63.2 Å². The lowest BCUT2D eigenvalue weighted by Gasteiger charge is -2.35. The lowest BCUT2D eigenvalue weighted by Crippen LogP contribution is -2.26. The monoisotopic (exact) mass is 746 g/mol. The molecule has 1 atom stereocenters. The molecule has 1 unspecified atom stereocenters. The molecule has 7 heteroatoms. The van der Waals surface area contributed by atoms with Gasteiger partial charge >= 0.3 is 0 Å². The van der Waals surface area contributed by atoms with Crippen molar-refractivity contribution in [3.8, 4) is 56.3 Å². The summed E-state index contributed by atoms with van der Waals surface area (Å²) in [5.74, 6) is 0.703. The Morgan fingerprint density at radius 3 is 2.11 bits per heavy atom. The summed E-state index contributed by atoms with van der Waals surface area (Å²) in [6.45, 7) is 0. The molecule has 0 bridgehead atoms. The molecule has 5 aromatic carbocycles. The lowest BCUT2D eigenvalue weighted by molar-refractivity contribution is 0.788. The first-order chi connectivity index (χ1) is 28.3. The van der Waals surface area contributed by atoms with Crippen LogP contribution < -0.4 is 4.90 Å². The van der Waals surface area contributed by atoms with E-state index in [9.17, 15) is 0 Å². The minimum atomic E-state index is -0.594. The van der Waals surface area contributed by atoms with E-state index >= 15 is 0 Å². The first-order valence-corrected chi connectivity index (χ1v) is 19.8. The molecule has 4 aromatic heterocycles. The van der Waals surface area contributed by atoms with Gasteiger partial charge in [-0.15, -0.1) is 0 Å². The van der Waals surface area contributed by atoms with E-state index in [-0.39, 0.29) is 0 Å². The number of aromatic nitrogens is 5. The maximum Gasteiger partial charge on any atom is 0.159 e. The van der Waals surface area contributed by atoms with Crippen LogP contribution in [0, 0.1) is 0 Å². The minimum Gasteiger partial charge on any atom is -0.308 e. The highest BCUT2D eigenvalue weighted by molar-refractivity contribution is 8.00. The number of benzene rings is 5. The summed E-state index contributed by atoms with van der Waals surface area (Å²) in [6.07, 6.45) is 9.16. The number of hydrogen-bond donors (Lipinski definition) is 0. The topological polar surface area (TPSA) is 67.7 Å².